The molecule has 0 saturated carbocycles. The average Bonchev–Trinajstić information content (AvgIpc) is 2.83. The number of aliphatic hydroxyl groups excluding tert-OH is 1. The molecule has 0 bridgehead atoms. The van der Waals surface area contributed by atoms with Crippen molar-refractivity contribution in [2.75, 3.05) is 18.5 Å². The van der Waals surface area contributed by atoms with Gasteiger partial charge in [0.15, 0.2) is 5.82 Å². The first-order valence-electron chi connectivity index (χ1n) is 5.94. The van der Waals surface area contributed by atoms with Crippen molar-refractivity contribution in [1.29, 1.82) is 0 Å². The van der Waals surface area contributed by atoms with Crippen LogP contribution in [0.5, 0.6) is 0 Å². The van der Waals surface area contributed by atoms with E-state index in [1.165, 1.54) is 0 Å². The smallest absolute Gasteiger partial charge is 0.152 e. The summed E-state index contributed by atoms with van der Waals surface area (Å²) in [6.45, 7) is 3.18. The first-order chi connectivity index (χ1) is 8.31. The van der Waals surface area contributed by atoms with Gasteiger partial charge in [0.25, 0.3) is 0 Å². The molecule has 0 aliphatic heterocycles. The van der Waals surface area contributed by atoms with Crippen LogP contribution >= 0.6 is 0 Å². The molecule has 0 amide bonds. The van der Waals surface area contributed by atoms with Gasteiger partial charge < -0.3 is 10.4 Å². The van der Waals surface area contributed by atoms with E-state index < -0.39 is 0 Å². The summed E-state index contributed by atoms with van der Waals surface area (Å²) >= 11 is 0. The van der Waals surface area contributed by atoms with E-state index in [1.54, 1.807) is 16.9 Å². The zero-order chi connectivity index (χ0) is 12.1. The van der Waals surface area contributed by atoms with Crippen LogP contribution in [0.15, 0.2) is 24.7 Å². The zero-order valence-electron chi connectivity index (χ0n) is 10.0. The second-order valence-electron chi connectivity index (χ2n) is 4.29. The van der Waals surface area contributed by atoms with Crippen molar-refractivity contribution in [2.45, 2.75) is 19.8 Å². The first kappa shape index (κ1) is 11.9. The van der Waals surface area contributed by atoms with Gasteiger partial charge in [-0.3, -0.25) is 0 Å². The number of fused-ring (bicyclic) bond motifs is 1. The number of hydrogen-bond acceptors (Lipinski definition) is 4. The third-order valence-electron chi connectivity index (χ3n) is 2.80. The molecule has 0 fully saturated rings. The molecular weight excluding hydrogens is 216 g/mol. The molecule has 2 heterocycles. The number of anilines is 1. The Morgan fingerprint density at radius 2 is 2.35 bits per heavy atom. The molecule has 1 unspecified atom stereocenters. The van der Waals surface area contributed by atoms with E-state index in [9.17, 15) is 0 Å². The fourth-order valence-electron chi connectivity index (χ4n) is 1.74. The molecule has 2 aromatic rings. The van der Waals surface area contributed by atoms with Crippen LogP contribution < -0.4 is 5.32 Å². The van der Waals surface area contributed by atoms with Gasteiger partial charge in [-0.1, -0.05) is 6.92 Å². The fourth-order valence-corrected chi connectivity index (χ4v) is 1.74. The molecule has 5 heteroatoms. The molecule has 0 radical (unpaired) electrons. The van der Waals surface area contributed by atoms with Gasteiger partial charge in [0.1, 0.15) is 5.52 Å². The summed E-state index contributed by atoms with van der Waals surface area (Å²) in [5.74, 6) is 1.23. The molecule has 5 nitrogen and oxygen atoms in total. The largest absolute Gasteiger partial charge is 0.396 e. The number of aliphatic hydroxyl groups is 1. The molecule has 0 saturated heterocycles. The maximum Gasteiger partial charge on any atom is 0.152 e. The number of aromatic nitrogens is 3. The van der Waals surface area contributed by atoms with Gasteiger partial charge in [-0.05, 0) is 24.8 Å². The monoisotopic (exact) mass is 234 g/mol. The van der Waals surface area contributed by atoms with E-state index in [1.807, 2.05) is 12.3 Å². The lowest BCUT2D eigenvalue weighted by Crippen LogP contribution is -2.08. The van der Waals surface area contributed by atoms with Gasteiger partial charge in [-0.2, -0.15) is 5.10 Å². The van der Waals surface area contributed by atoms with Crippen molar-refractivity contribution in [3.8, 4) is 0 Å². The Labute approximate surface area is 100 Å². The average molecular weight is 234 g/mol. The van der Waals surface area contributed by atoms with E-state index in [2.05, 4.69) is 22.3 Å². The molecule has 0 aliphatic rings. The Kier molecular flexibility index (Phi) is 3.93. The summed E-state index contributed by atoms with van der Waals surface area (Å²) in [5, 5.41) is 16.4. The van der Waals surface area contributed by atoms with Crippen molar-refractivity contribution >= 4 is 11.3 Å². The lowest BCUT2D eigenvalue weighted by atomic mass is 10.1. The van der Waals surface area contributed by atoms with Crippen LogP contribution in [0.1, 0.15) is 19.8 Å². The SMILES string of the molecule is CC(CO)CCCNc1nccn2nccc12. The van der Waals surface area contributed by atoms with Crippen LogP contribution in [0, 0.1) is 5.92 Å². The molecule has 92 valence electrons. The molecule has 17 heavy (non-hydrogen) atoms. The quantitative estimate of drug-likeness (QED) is 0.744. The molecular formula is C12H18N4O. The van der Waals surface area contributed by atoms with Gasteiger partial charge in [0, 0.05) is 25.5 Å². The summed E-state index contributed by atoms with van der Waals surface area (Å²) in [5.41, 5.74) is 0.989. The topological polar surface area (TPSA) is 62.5 Å². The summed E-state index contributed by atoms with van der Waals surface area (Å²) < 4.78 is 1.80. The van der Waals surface area contributed by atoms with Gasteiger partial charge in [-0.15, -0.1) is 0 Å². The lowest BCUT2D eigenvalue weighted by Gasteiger charge is -2.09. The predicted octanol–water partition coefficient (Wildman–Crippen LogP) is 1.55. The van der Waals surface area contributed by atoms with Crippen molar-refractivity contribution in [1.82, 2.24) is 14.6 Å². The van der Waals surface area contributed by atoms with Gasteiger partial charge >= 0.3 is 0 Å². The summed E-state index contributed by atoms with van der Waals surface area (Å²) in [4.78, 5) is 4.29. The van der Waals surface area contributed by atoms with Crippen molar-refractivity contribution < 1.29 is 5.11 Å². The second-order valence-corrected chi connectivity index (χ2v) is 4.29. The highest BCUT2D eigenvalue weighted by Gasteiger charge is 2.03. The molecule has 0 aromatic carbocycles. The summed E-state index contributed by atoms with van der Waals surface area (Å²) in [6.07, 6.45) is 7.37. The molecule has 2 N–H and O–H groups in total. The Bertz CT molecular complexity index is 468. The van der Waals surface area contributed by atoms with E-state index in [-0.39, 0.29) is 6.61 Å². The standard InChI is InChI=1S/C12H18N4O/c1-10(9-17)3-2-5-13-12-11-4-6-15-16(11)8-7-14-12/h4,6-8,10,17H,2-3,5,9H2,1H3,(H,13,14). The van der Waals surface area contributed by atoms with Crippen LogP contribution in [-0.4, -0.2) is 32.9 Å². The van der Waals surface area contributed by atoms with E-state index >= 15 is 0 Å². The summed E-state index contributed by atoms with van der Waals surface area (Å²) in [6, 6.07) is 1.94. The number of nitrogens with one attached hydrogen (secondary N) is 1. The fraction of sp³-hybridized carbons (Fsp3) is 0.500. The van der Waals surface area contributed by atoms with Crippen molar-refractivity contribution in [3.63, 3.8) is 0 Å². The van der Waals surface area contributed by atoms with Crippen LogP contribution in [0.4, 0.5) is 5.82 Å². The first-order valence-corrected chi connectivity index (χ1v) is 5.94. The Morgan fingerprint density at radius 1 is 1.47 bits per heavy atom. The van der Waals surface area contributed by atoms with Crippen LogP contribution in [0.3, 0.4) is 0 Å². The predicted molar refractivity (Wildman–Crippen MR) is 67.0 cm³/mol. The maximum absolute atomic E-state index is 8.92. The molecule has 2 aromatic heterocycles. The maximum atomic E-state index is 8.92. The van der Waals surface area contributed by atoms with Crippen molar-refractivity contribution in [2.24, 2.45) is 5.92 Å². The van der Waals surface area contributed by atoms with E-state index in [0.717, 1.165) is 30.7 Å². The van der Waals surface area contributed by atoms with Crippen molar-refractivity contribution in [3.05, 3.63) is 24.7 Å². The Balaban J connectivity index is 1.88. The number of nitrogens with zero attached hydrogens (tertiary/aromatic N) is 3. The van der Waals surface area contributed by atoms with Gasteiger partial charge in [0.05, 0.1) is 6.20 Å². The van der Waals surface area contributed by atoms with E-state index in [0.29, 0.717) is 5.92 Å². The molecule has 0 spiro atoms. The third kappa shape index (κ3) is 2.94. The van der Waals surface area contributed by atoms with Crippen LogP contribution in [0.2, 0.25) is 0 Å². The highest BCUT2D eigenvalue weighted by Crippen LogP contribution is 2.12. The zero-order valence-corrected chi connectivity index (χ0v) is 10.0. The molecule has 0 aliphatic carbocycles. The minimum absolute atomic E-state index is 0.260. The minimum Gasteiger partial charge on any atom is -0.396 e. The van der Waals surface area contributed by atoms with Gasteiger partial charge in [-0.25, -0.2) is 9.50 Å². The van der Waals surface area contributed by atoms with Crippen LogP contribution in [-0.2, 0) is 0 Å². The second kappa shape index (κ2) is 5.63. The Hall–Kier alpha value is -1.62. The van der Waals surface area contributed by atoms with Crippen LogP contribution in [0.25, 0.3) is 5.52 Å². The molecule has 1 atom stereocenters. The number of rotatable bonds is 6. The minimum atomic E-state index is 0.260. The Morgan fingerprint density at radius 3 is 3.18 bits per heavy atom. The molecule has 2 rings (SSSR count). The normalized spacial score (nSPS) is 12.8. The van der Waals surface area contributed by atoms with E-state index in [4.69, 9.17) is 5.11 Å². The number of hydrogen-bond donors (Lipinski definition) is 2. The third-order valence-corrected chi connectivity index (χ3v) is 2.80. The highest BCUT2D eigenvalue weighted by molar-refractivity contribution is 5.66. The van der Waals surface area contributed by atoms with Gasteiger partial charge in [0.2, 0.25) is 0 Å². The highest BCUT2D eigenvalue weighted by atomic mass is 16.3. The summed E-state index contributed by atoms with van der Waals surface area (Å²) in [7, 11) is 0. The lowest BCUT2D eigenvalue weighted by molar-refractivity contribution is 0.229.